The summed E-state index contributed by atoms with van der Waals surface area (Å²) in [6.07, 6.45) is 3.02. The normalized spacial score (nSPS) is 10.2. The van der Waals surface area contributed by atoms with E-state index in [0.29, 0.717) is 11.6 Å². The number of nitrogens with zero attached hydrogens (tertiary/aromatic N) is 3. The van der Waals surface area contributed by atoms with Crippen molar-refractivity contribution in [1.29, 1.82) is 0 Å². The molecule has 6 nitrogen and oxygen atoms in total. The smallest absolute Gasteiger partial charge is 0.311 e. The Morgan fingerprint density at radius 1 is 1.56 bits per heavy atom. The molecule has 0 fully saturated rings. The van der Waals surface area contributed by atoms with Gasteiger partial charge in [0.15, 0.2) is 0 Å². The van der Waals surface area contributed by atoms with Crippen LogP contribution in [0, 0.1) is 10.1 Å². The molecule has 100 valence electrons. The van der Waals surface area contributed by atoms with Crippen molar-refractivity contribution in [3.8, 4) is 0 Å². The van der Waals surface area contributed by atoms with E-state index in [-0.39, 0.29) is 5.69 Å². The number of hydrogen-bond acceptors (Lipinski definition) is 6. The Morgan fingerprint density at radius 3 is 2.83 bits per heavy atom. The summed E-state index contributed by atoms with van der Waals surface area (Å²) in [7, 11) is 3.57. The molecule has 0 unspecified atom stereocenters. The first-order chi connectivity index (χ1) is 8.60. The summed E-state index contributed by atoms with van der Waals surface area (Å²) in [6, 6.07) is 3.09. The lowest BCUT2D eigenvalue weighted by atomic mass is 10.3. The maximum absolute atomic E-state index is 11.0. The van der Waals surface area contributed by atoms with Crippen molar-refractivity contribution < 1.29 is 4.92 Å². The number of nitrogens with one attached hydrogen (secondary N) is 1. The molecule has 0 aromatic carbocycles. The van der Waals surface area contributed by atoms with Crippen LogP contribution in [-0.4, -0.2) is 42.6 Å². The first kappa shape index (κ1) is 14.6. The van der Waals surface area contributed by atoms with Crippen molar-refractivity contribution in [1.82, 2.24) is 4.98 Å². The molecule has 18 heavy (non-hydrogen) atoms. The van der Waals surface area contributed by atoms with Crippen LogP contribution in [-0.2, 0) is 0 Å². The van der Waals surface area contributed by atoms with Crippen LogP contribution in [0.1, 0.15) is 6.42 Å². The van der Waals surface area contributed by atoms with Crippen LogP contribution in [0.25, 0.3) is 0 Å². The standard InChI is InChI=1S/C11H18N4O2S/c1-12-10-6-5-9(15(16)17)11(13-10)14(2)7-4-8-18-3/h5-6H,4,7-8H2,1-3H3,(H,12,13). The minimum atomic E-state index is -0.396. The average Bonchev–Trinajstić information content (AvgIpc) is 2.38. The molecule has 0 saturated carbocycles. The number of nitro groups is 1. The fourth-order valence-corrected chi connectivity index (χ4v) is 1.97. The molecule has 1 rings (SSSR count). The van der Waals surface area contributed by atoms with Gasteiger partial charge in [0, 0.05) is 26.7 Å². The number of aromatic nitrogens is 1. The Balaban J connectivity index is 2.92. The van der Waals surface area contributed by atoms with Gasteiger partial charge in [-0.25, -0.2) is 4.98 Å². The van der Waals surface area contributed by atoms with Gasteiger partial charge in [-0.05, 0) is 24.5 Å². The molecule has 0 aliphatic heterocycles. The van der Waals surface area contributed by atoms with Gasteiger partial charge in [-0.1, -0.05) is 0 Å². The second-order valence-electron chi connectivity index (χ2n) is 3.81. The second-order valence-corrected chi connectivity index (χ2v) is 4.80. The Bertz CT molecular complexity index is 414. The van der Waals surface area contributed by atoms with Gasteiger partial charge in [-0.15, -0.1) is 0 Å². The zero-order chi connectivity index (χ0) is 13.5. The van der Waals surface area contributed by atoms with Crippen molar-refractivity contribution >= 4 is 29.1 Å². The largest absolute Gasteiger partial charge is 0.373 e. The number of rotatable bonds is 7. The molecular weight excluding hydrogens is 252 g/mol. The summed E-state index contributed by atoms with van der Waals surface area (Å²) in [5.41, 5.74) is 0.0423. The third-order valence-electron chi connectivity index (χ3n) is 2.51. The van der Waals surface area contributed by atoms with E-state index in [9.17, 15) is 10.1 Å². The van der Waals surface area contributed by atoms with Crippen molar-refractivity contribution in [2.75, 3.05) is 42.9 Å². The summed E-state index contributed by atoms with van der Waals surface area (Å²) in [5, 5.41) is 13.9. The van der Waals surface area contributed by atoms with Gasteiger partial charge in [0.2, 0.25) is 5.82 Å². The highest BCUT2D eigenvalue weighted by molar-refractivity contribution is 7.98. The average molecular weight is 270 g/mol. The van der Waals surface area contributed by atoms with E-state index in [2.05, 4.69) is 10.3 Å². The lowest BCUT2D eigenvalue weighted by Crippen LogP contribution is -2.21. The van der Waals surface area contributed by atoms with Crippen LogP contribution in [0.2, 0.25) is 0 Å². The van der Waals surface area contributed by atoms with Gasteiger partial charge in [-0.2, -0.15) is 11.8 Å². The van der Waals surface area contributed by atoms with Gasteiger partial charge in [0.25, 0.3) is 0 Å². The van der Waals surface area contributed by atoms with E-state index in [1.165, 1.54) is 6.07 Å². The van der Waals surface area contributed by atoms with Gasteiger partial charge in [0.1, 0.15) is 5.82 Å². The van der Waals surface area contributed by atoms with Crippen molar-refractivity contribution in [2.45, 2.75) is 6.42 Å². The number of pyridine rings is 1. The molecule has 0 spiro atoms. The first-order valence-corrected chi connectivity index (χ1v) is 7.02. The van der Waals surface area contributed by atoms with E-state index in [4.69, 9.17) is 0 Å². The molecule has 1 heterocycles. The van der Waals surface area contributed by atoms with E-state index in [1.54, 1.807) is 24.9 Å². The van der Waals surface area contributed by atoms with E-state index >= 15 is 0 Å². The summed E-state index contributed by atoms with van der Waals surface area (Å²) in [5.74, 6) is 2.07. The summed E-state index contributed by atoms with van der Waals surface area (Å²) >= 11 is 1.76. The Kier molecular flexibility index (Phi) is 5.70. The third kappa shape index (κ3) is 3.76. The van der Waals surface area contributed by atoms with Gasteiger partial charge < -0.3 is 10.2 Å². The molecular formula is C11H18N4O2S. The van der Waals surface area contributed by atoms with Crippen LogP contribution in [0.3, 0.4) is 0 Å². The molecule has 0 saturated heterocycles. The lowest BCUT2D eigenvalue weighted by molar-refractivity contribution is -0.384. The topological polar surface area (TPSA) is 71.3 Å². The molecule has 0 radical (unpaired) electrons. The summed E-state index contributed by atoms with van der Waals surface area (Å²) < 4.78 is 0. The maximum Gasteiger partial charge on any atom is 0.311 e. The van der Waals surface area contributed by atoms with E-state index in [0.717, 1.165) is 18.7 Å². The van der Waals surface area contributed by atoms with Gasteiger partial charge in [-0.3, -0.25) is 10.1 Å². The highest BCUT2D eigenvalue weighted by Crippen LogP contribution is 2.26. The Hall–Kier alpha value is -1.50. The highest BCUT2D eigenvalue weighted by Gasteiger charge is 2.19. The van der Waals surface area contributed by atoms with E-state index < -0.39 is 4.92 Å². The van der Waals surface area contributed by atoms with Crippen LogP contribution >= 0.6 is 11.8 Å². The van der Waals surface area contributed by atoms with E-state index in [1.807, 2.05) is 18.2 Å². The molecule has 7 heteroatoms. The second kappa shape index (κ2) is 7.05. The fourth-order valence-electron chi connectivity index (χ4n) is 1.56. The minimum absolute atomic E-state index is 0.0423. The van der Waals surface area contributed by atoms with Crippen LogP contribution in [0.15, 0.2) is 12.1 Å². The van der Waals surface area contributed by atoms with Crippen LogP contribution < -0.4 is 10.2 Å². The Morgan fingerprint density at radius 2 is 2.28 bits per heavy atom. The zero-order valence-corrected chi connectivity index (χ0v) is 11.7. The van der Waals surface area contributed by atoms with Crippen molar-refractivity contribution in [3.63, 3.8) is 0 Å². The SMILES string of the molecule is CNc1ccc([N+](=O)[O-])c(N(C)CCCSC)n1. The molecule has 1 N–H and O–H groups in total. The van der Waals surface area contributed by atoms with Gasteiger partial charge >= 0.3 is 5.69 Å². The number of hydrogen-bond donors (Lipinski definition) is 1. The monoisotopic (exact) mass is 270 g/mol. The quantitative estimate of drug-likeness (QED) is 0.465. The molecule has 0 atom stereocenters. The lowest BCUT2D eigenvalue weighted by Gasteiger charge is -2.18. The zero-order valence-electron chi connectivity index (χ0n) is 10.8. The summed E-state index contributed by atoms with van der Waals surface area (Å²) in [6.45, 7) is 0.752. The Labute approximate surface area is 111 Å². The third-order valence-corrected chi connectivity index (χ3v) is 3.21. The van der Waals surface area contributed by atoms with Gasteiger partial charge in [0.05, 0.1) is 4.92 Å². The minimum Gasteiger partial charge on any atom is -0.373 e. The van der Waals surface area contributed by atoms with Crippen molar-refractivity contribution in [2.24, 2.45) is 0 Å². The predicted octanol–water partition coefficient (Wildman–Crippen LogP) is 2.22. The highest BCUT2D eigenvalue weighted by atomic mass is 32.2. The molecule has 0 bridgehead atoms. The molecule has 1 aromatic heterocycles. The molecule has 0 aliphatic carbocycles. The summed E-state index contributed by atoms with van der Waals surface area (Å²) in [4.78, 5) is 16.7. The molecule has 0 aliphatic rings. The molecule has 0 amide bonds. The first-order valence-electron chi connectivity index (χ1n) is 5.63. The number of anilines is 2. The van der Waals surface area contributed by atoms with Crippen molar-refractivity contribution in [3.05, 3.63) is 22.2 Å². The molecule has 1 aromatic rings. The number of thioether (sulfide) groups is 1. The van der Waals surface area contributed by atoms with Crippen LogP contribution in [0.4, 0.5) is 17.3 Å². The fraction of sp³-hybridized carbons (Fsp3) is 0.545. The predicted molar refractivity (Wildman–Crippen MR) is 76.7 cm³/mol. The van der Waals surface area contributed by atoms with Crippen LogP contribution in [0.5, 0.6) is 0 Å². The maximum atomic E-state index is 11.0.